The normalized spacial score (nSPS) is 12.9. The van der Waals surface area contributed by atoms with E-state index in [0.717, 1.165) is 12.8 Å². The van der Waals surface area contributed by atoms with Gasteiger partial charge in [0, 0.05) is 6.42 Å². The van der Waals surface area contributed by atoms with Crippen LogP contribution in [0.1, 0.15) is 56.8 Å². The molecule has 1 aromatic heterocycles. The van der Waals surface area contributed by atoms with Gasteiger partial charge >= 0.3 is 0 Å². The first-order valence-corrected chi connectivity index (χ1v) is 5.96. The Bertz CT molecular complexity index is 289. The molecule has 1 rings (SSSR count). The third-order valence-electron chi connectivity index (χ3n) is 2.51. The van der Waals surface area contributed by atoms with Crippen LogP contribution in [-0.4, -0.2) is 21.9 Å². The standard InChI is InChI=1S/C11H21N3O2/c1-2-3-4-5-6-7-10-13-11(14-16-10)9(12)8-15/h9,15H,2-8,12H2,1H3. The minimum absolute atomic E-state index is 0.157. The van der Waals surface area contributed by atoms with E-state index in [2.05, 4.69) is 17.1 Å². The van der Waals surface area contributed by atoms with Crippen molar-refractivity contribution in [2.75, 3.05) is 6.61 Å². The molecule has 1 unspecified atom stereocenters. The fourth-order valence-electron chi connectivity index (χ4n) is 1.48. The van der Waals surface area contributed by atoms with Gasteiger partial charge in [-0.3, -0.25) is 0 Å². The zero-order valence-corrected chi connectivity index (χ0v) is 9.85. The minimum atomic E-state index is -0.530. The Balaban J connectivity index is 2.24. The van der Waals surface area contributed by atoms with E-state index in [1.165, 1.54) is 25.7 Å². The number of hydrogen-bond donors (Lipinski definition) is 2. The molecule has 0 saturated heterocycles. The summed E-state index contributed by atoms with van der Waals surface area (Å²) in [6.07, 6.45) is 6.84. The Morgan fingerprint density at radius 2 is 2.06 bits per heavy atom. The lowest BCUT2D eigenvalue weighted by molar-refractivity contribution is 0.259. The summed E-state index contributed by atoms with van der Waals surface area (Å²) >= 11 is 0. The highest BCUT2D eigenvalue weighted by molar-refractivity contribution is 4.92. The molecule has 0 amide bonds. The molecule has 0 aromatic carbocycles. The van der Waals surface area contributed by atoms with Crippen molar-refractivity contribution in [2.45, 2.75) is 51.5 Å². The number of rotatable bonds is 8. The summed E-state index contributed by atoms with van der Waals surface area (Å²) in [5.74, 6) is 1.02. The molecule has 1 aromatic rings. The van der Waals surface area contributed by atoms with Crippen LogP contribution in [-0.2, 0) is 6.42 Å². The van der Waals surface area contributed by atoms with Gasteiger partial charge in [-0.2, -0.15) is 4.98 Å². The first-order valence-electron chi connectivity index (χ1n) is 5.96. The molecule has 0 aliphatic carbocycles. The largest absolute Gasteiger partial charge is 0.394 e. The van der Waals surface area contributed by atoms with Crippen molar-refractivity contribution in [1.29, 1.82) is 0 Å². The number of unbranched alkanes of at least 4 members (excludes halogenated alkanes) is 4. The third-order valence-corrected chi connectivity index (χ3v) is 2.51. The van der Waals surface area contributed by atoms with Gasteiger partial charge in [-0.15, -0.1) is 0 Å². The van der Waals surface area contributed by atoms with Gasteiger partial charge in [0.15, 0.2) is 5.82 Å². The van der Waals surface area contributed by atoms with Gasteiger partial charge in [0.2, 0.25) is 5.89 Å². The number of aryl methyl sites for hydroxylation is 1. The average molecular weight is 227 g/mol. The summed E-state index contributed by atoms with van der Waals surface area (Å²) in [4.78, 5) is 4.14. The molecule has 0 saturated carbocycles. The molecule has 92 valence electrons. The zero-order valence-electron chi connectivity index (χ0n) is 9.85. The SMILES string of the molecule is CCCCCCCc1nc(C(N)CO)no1. The minimum Gasteiger partial charge on any atom is -0.394 e. The Kier molecular flexibility index (Phi) is 6.03. The van der Waals surface area contributed by atoms with Crippen LogP contribution in [0, 0.1) is 0 Å². The summed E-state index contributed by atoms with van der Waals surface area (Å²) in [5.41, 5.74) is 5.57. The van der Waals surface area contributed by atoms with Gasteiger partial charge in [0.05, 0.1) is 12.6 Å². The zero-order chi connectivity index (χ0) is 11.8. The van der Waals surface area contributed by atoms with Crippen LogP contribution < -0.4 is 5.73 Å². The van der Waals surface area contributed by atoms with E-state index < -0.39 is 6.04 Å². The second-order valence-electron chi connectivity index (χ2n) is 4.00. The quantitative estimate of drug-likeness (QED) is 0.658. The molecule has 0 spiro atoms. The second-order valence-corrected chi connectivity index (χ2v) is 4.00. The van der Waals surface area contributed by atoms with Crippen molar-refractivity contribution in [2.24, 2.45) is 5.73 Å². The highest BCUT2D eigenvalue weighted by Crippen LogP contribution is 2.10. The predicted molar refractivity (Wildman–Crippen MR) is 60.8 cm³/mol. The molecule has 3 N–H and O–H groups in total. The third kappa shape index (κ3) is 4.28. The number of aromatic nitrogens is 2. The summed E-state index contributed by atoms with van der Waals surface area (Å²) in [6.45, 7) is 2.04. The smallest absolute Gasteiger partial charge is 0.226 e. The molecule has 0 aliphatic heterocycles. The van der Waals surface area contributed by atoms with Crippen LogP contribution in [0.4, 0.5) is 0 Å². The van der Waals surface area contributed by atoms with Crippen molar-refractivity contribution in [3.8, 4) is 0 Å². The second kappa shape index (κ2) is 7.35. The van der Waals surface area contributed by atoms with Gasteiger partial charge in [-0.1, -0.05) is 37.8 Å². The molecule has 0 bridgehead atoms. The lowest BCUT2D eigenvalue weighted by Gasteiger charge is -1.98. The Hall–Kier alpha value is -0.940. The summed E-state index contributed by atoms with van der Waals surface area (Å²) in [6, 6.07) is -0.530. The fraction of sp³-hybridized carbons (Fsp3) is 0.818. The maximum absolute atomic E-state index is 8.82. The van der Waals surface area contributed by atoms with Crippen LogP contribution >= 0.6 is 0 Å². The molecule has 1 heterocycles. The van der Waals surface area contributed by atoms with Crippen LogP contribution in [0.5, 0.6) is 0 Å². The summed E-state index contributed by atoms with van der Waals surface area (Å²) in [7, 11) is 0. The van der Waals surface area contributed by atoms with E-state index in [1.807, 2.05) is 0 Å². The number of hydrogen-bond acceptors (Lipinski definition) is 5. The molecule has 0 radical (unpaired) electrons. The van der Waals surface area contributed by atoms with E-state index in [1.54, 1.807) is 0 Å². The number of nitrogens with two attached hydrogens (primary N) is 1. The molecule has 5 heteroatoms. The fourth-order valence-corrected chi connectivity index (χ4v) is 1.48. The Morgan fingerprint density at radius 1 is 1.31 bits per heavy atom. The molecule has 16 heavy (non-hydrogen) atoms. The Labute approximate surface area is 96.0 Å². The van der Waals surface area contributed by atoms with E-state index in [9.17, 15) is 0 Å². The van der Waals surface area contributed by atoms with E-state index in [0.29, 0.717) is 11.7 Å². The van der Waals surface area contributed by atoms with Crippen molar-refractivity contribution < 1.29 is 9.63 Å². The van der Waals surface area contributed by atoms with Gasteiger partial charge in [0.1, 0.15) is 0 Å². The predicted octanol–water partition coefficient (Wildman–Crippen LogP) is 1.57. The Morgan fingerprint density at radius 3 is 2.75 bits per heavy atom. The van der Waals surface area contributed by atoms with Crippen molar-refractivity contribution in [3.63, 3.8) is 0 Å². The van der Waals surface area contributed by atoms with E-state index >= 15 is 0 Å². The van der Waals surface area contributed by atoms with Gasteiger partial charge in [-0.05, 0) is 6.42 Å². The van der Waals surface area contributed by atoms with Gasteiger partial charge < -0.3 is 15.4 Å². The number of aliphatic hydroxyl groups excluding tert-OH is 1. The average Bonchev–Trinajstić information content (AvgIpc) is 2.76. The topological polar surface area (TPSA) is 85.2 Å². The maximum atomic E-state index is 8.82. The highest BCUT2D eigenvalue weighted by Gasteiger charge is 2.12. The lowest BCUT2D eigenvalue weighted by Crippen LogP contribution is -2.16. The lowest BCUT2D eigenvalue weighted by atomic mass is 10.1. The van der Waals surface area contributed by atoms with Crippen LogP contribution in [0.25, 0.3) is 0 Å². The van der Waals surface area contributed by atoms with Gasteiger partial charge in [0.25, 0.3) is 0 Å². The summed E-state index contributed by atoms with van der Waals surface area (Å²) < 4.78 is 5.04. The number of nitrogens with zero attached hydrogens (tertiary/aromatic N) is 2. The monoisotopic (exact) mass is 227 g/mol. The molecular weight excluding hydrogens is 206 g/mol. The molecule has 1 atom stereocenters. The molecular formula is C11H21N3O2. The van der Waals surface area contributed by atoms with Crippen molar-refractivity contribution in [3.05, 3.63) is 11.7 Å². The van der Waals surface area contributed by atoms with Gasteiger partial charge in [-0.25, -0.2) is 0 Å². The molecule has 0 aliphatic rings. The van der Waals surface area contributed by atoms with Crippen molar-refractivity contribution in [1.82, 2.24) is 10.1 Å². The van der Waals surface area contributed by atoms with E-state index in [4.69, 9.17) is 15.4 Å². The summed E-state index contributed by atoms with van der Waals surface area (Å²) in [5, 5.41) is 12.6. The highest BCUT2D eigenvalue weighted by atomic mass is 16.5. The van der Waals surface area contributed by atoms with Crippen LogP contribution in [0.15, 0.2) is 4.52 Å². The van der Waals surface area contributed by atoms with Crippen LogP contribution in [0.3, 0.4) is 0 Å². The first kappa shape index (κ1) is 13.1. The first-order chi connectivity index (χ1) is 7.77. The molecule has 5 nitrogen and oxygen atoms in total. The number of aliphatic hydroxyl groups is 1. The van der Waals surface area contributed by atoms with E-state index in [-0.39, 0.29) is 6.61 Å². The van der Waals surface area contributed by atoms with Crippen LogP contribution in [0.2, 0.25) is 0 Å². The maximum Gasteiger partial charge on any atom is 0.226 e. The molecule has 0 fully saturated rings. The van der Waals surface area contributed by atoms with Crippen molar-refractivity contribution >= 4 is 0 Å².